The SMILES string of the molecule is CC(N)CCC(=O)N(Cc1cc(F)ccc1F)C1CCCC1. The molecule has 1 aliphatic rings. The molecule has 2 N–H and O–H groups in total. The summed E-state index contributed by atoms with van der Waals surface area (Å²) in [5.74, 6) is -0.969. The van der Waals surface area contributed by atoms with Crippen molar-refractivity contribution in [3.8, 4) is 0 Å². The number of hydrogen-bond donors (Lipinski definition) is 1. The lowest BCUT2D eigenvalue weighted by molar-refractivity contribution is -0.134. The molecule has 1 fully saturated rings. The molecule has 0 radical (unpaired) electrons. The van der Waals surface area contributed by atoms with Crippen molar-refractivity contribution in [1.82, 2.24) is 4.90 Å². The molecule has 1 aromatic carbocycles. The van der Waals surface area contributed by atoms with Crippen LogP contribution in [0.5, 0.6) is 0 Å². The van der Waals surface area contributed by atoms with Crippen LogP contribution in [0.15, 0.2) is 18.2 Å². The van der Waals surface area contributed by atoms with Crippen LogP contribution in [0.25, 0.3) is 0 Å². The molecule has 1 aliphatic carbocycles. The number of rotatable bonds is 6. The maximum absolute atomic E-state index is 13.9. The summed E-state index contributed by atoms with van der Waals surface area (Å²) >= 11 is 0. The number of carbonyl (C=O) groups excluding carboxylic acids is 1. The second-order valence-corrected chi connectivity index (χ2v) is 6.21. The van der Waals surface area contributed by atoms with Gasteiger partial charge in [-0.25, -0.2) is 8.78 Å². The highest BCUT2D eigenvalue weighted by Crippen LogP contribution is 2.26. The lowest BCUT2D eigenvalue weighted by Gasteiger charge is -2.29. The topological polar surface area (TPSA) is 46.3 Å². The highest BCUT2D eigenvalue weighted by Gasteiger charge is 2.27. The minimum atomic E-state index is -0.481. The number of carbonyl (C=O) groups is 1. The Morgan fingerprint density at radius 2 is 2.05 bits per heavy atom. The van der Waals surface area contributed by atoms with E-state index in [0.717, 1.165) is 37.8 Å². The molecule has 1 atom stereocenters. The van der Waals surface area contributed by atoms with Gasteiger partial charge in [-0.3, -0.25) is 4.79 Å². The predicted molar refractivity (Wildman–Crippen MR) is 82.0 cm³/mol. The Bertz CT molecular complexity index is 513. The van der Waals surface area contributed by atoms with Gasteiger partial charge in [-0.15, -0.1) is 0 Å². The molecule has 1 unspecified atom stereocenters. The van der Waals surface area contributed by atoms with Gasteiger partial charge in [-0.1, -0.05) is 12.8 Å². The number of nitrogens with zero attached hydrogens (tertiary/aromatic N) is 1. The number of nitrogens with two attached hydrogens (primary N) is 1. The third-order valence-corrected chi connectivity index (χ3v) is 4.25. The predicted octanol–water partition coefficient (Wildman–Crippen LogP) is 3.36. The highest BCUT2D eigenvalue weighted by atomic mass is 19.1. The first-order chi connectivity index (χ1) is 10.5. The van der Waals surface area contributed by atoms with E-state index in [1.165, 1.54) is 6.07 Å². The zero-order chi connectivity index (χ0) is 16.1. The largest absolute Gasteiger partial charge is 0.335 e. The Hall–Kier alpha value is -1.49. The zero-order valence-corrected chi connectivity index (χ0v) is 13.0. The van der Waals surface area contributed by atoms with Crippen LogP contribution in [0.4, 0.5) is 8.78 Å². The van der Waals surface area contributed by atoms with Crippen LogP contribution in [-0.2, 0) is 11.3 Å². The van der Waals surface area contributed by atoms with Crippen molar-refractivity contribution >= 4 is 5.91 Å². The molecular weight excluding hydrogens is 286 g/mol. The van der Waals surface area contributed by atoms with E-state index in [-0.39, 0.29) is 30.1 Å². The van der Waals surface area contributed by atoms with E-state index >= 15 is 0 Å². The smallest absolute Gasteiger partial charge is 0.223 e. The molecule has 0 bridgehead atoms. The van der Waals surface area contributed by atoms with E-state index in [4.69, 9.17) is 5.73 Å². The lowest BCUT2D eigenvalue weighted by Crippen LogP contribution is -2.39. The van der Waals surface area contributed by atoms with Crippen LogP contribution in [0.2, 0.25) is 0 Å². The minimum Gasteiger partial charge on any atom is -0.335 e. The van der Waals surface area contributed by atoms with Crippen molar-refractivity contribution in [3.05, 3.63) is 35.4 Å². The Kier molecular flexibility index (Phi) is 5.89. The highest BCUT2D eigenvalue weighted by molar-refractivity contribution is 5.76. The quantitative estimate of drug-likeness (QED) is 0.875. The van der Waals surface area contributed by atoms with Crippen LogP contribution in [0.3, 0.4) is 0 Å². The first-order valence-electron chi connectivity index (χ1n) is 7.96. The van der Waals surface area contributed by atoms with Gasteiger partial charge in [0.1, 0.15) is 11.6 Å². The fraction of sp³-hybridized carbons (Fsp3) is 0.588. The second kappa shape index (κ2) is 7.68. The third-order valence-electron chi connectivity index (χ3n) is 4.25. The van der Waals surface area contributed by atoms with E-state index in [2.05, 4.69) is 0 Å². The Morgan fingerprint density at radius 3 is 2.68 bits per heavy atom. The molecule has 122 valence electrons. The summed E-state index contributed by atoms with van der Waals surface area (Å²) in [5, 5.41) is 0. The fourth-order valence-electron chi connectivity index (χ4n) is 2.98. The first-order valence-corrected chi connectivity index (χ1v) is 7.96. The van der Waals surface area contributed by atoms with E-state index < -0.39 is 11.6 Å². The average Bonchev–Trinajstić information content (AvgIpc) is 2.99. The van der Waals surface area contributed by atoms with Crippen LogP contribution < -0.4 is 5.73 Å². The zero-order valence-electron chi connectivity index (χ0n) is 13.0. The number of halogens is 2. The van der Waals surface area contributed by atoms with Gasteiger partial charge in [0.05, 0.1) is 0 Å². The minimum absolute atomic E-state index is 0.0205. The van der Waals surface area contributed by atoms with Crippen molar-refractivity contribution in [2.75, 3.05) is 0 Å². The molecule has 0 saturated heterocycles. The summed E-state index contributed by atoms with van der Waals surface area (Å²) in [4.78, 5) is 14.2. The number of hydrogen-bond acceptors (Lipinski definition) is 2. The molecule has 0 heterocycles. The summed E-state index contributed by atoms with van der Waals surface area (Å²) in [6.07, 6.45) is 4.97. The van der Waals surface area contributed by atoms with Crippen LogP contribution in [0.1, 0.15) is 51.0 Å². The van der Waals surface area contributed by atoms with Crippen molar-refractivity contribution in [3.63, 3.8) is 0 Å². The molecule has 2 rings (SSSR count). The molecule has 5 heteroatoms. The molecule has 3 nitrogen and oxygen atoms in total. The maximum atomic E-state index is 13.9. The summed E-state index contributed by atoms with van der Waals surface area (Å²) in [7, 11) is 0. The van der Waals surface area contributed by atoms with Crippen molar-refractivity contribution in [1.29, 1.82) is 0 Å². The van der Waals surface area contributed by atoms with Crippen LogP contribution in [0, 0.1) is 11.6 Å². The molecule has 1 amide bonds. The molecule has 1 saturated carbocycles. The lowest BCUT2D eigenvalue weighted by atomic mass is 10.1. The standard InChI is InChI=1S/C17H24F2N2O/c1-12(20)6-9-17(22)21(15-4-2-3-5-15)11-13-10-14(18)7-8-16(13)19/h7-8,10,12,15H,2-6,9,11,20H2,1H3. The number of amides is 1. The van der Waals surface area contributed by atoms with E-state index in [1.54, 1.807) is 4.90 Å². The summed E-state index contributed by atoms with van der Waals surface area (Å²) in [6.45, 7) is 1.99. The first kappa shape index (κ1) is 16.9. The van der Waals surface area contributed by atoms with Crippen molar-refractivity contribution in [2.45, 2.75) is 64.1 Å². The fourth-order valence-corrected chi connectivity index (χ4v) is 2.98. The monoisotopic (exact) mass is 310 g/mol. The molecule has 22 heavy (non-hydrogen) atoms. The Labute approximate surface area is 130 Å². The van der Waals surface area contributed by atoms with Gasteiger partial charge in [-0.05, 0) is 44.4 Å². The maximum Gasteiger partial charge on any atom is 0.223 e. The van der Waals surface area contributed by atoms with Gasteiger partial charge >= 0.3 is 0 Å². The molecule has 1 aromatic rings. The van der Waals surface area contributed by atoms with Crippen molar-refractivity contribution < 1.29 is 13.6 Å². The van der Waals surface area contributed by atoms with Gasteiger partial charge in [0.15, 0.2) is 0 Å². The second-order valence-electron chi connectivity index (χ2n) is 6.21. The normalized spacial score (nSPS) is 16.7. The van der Waals surface area contributed by atoms with E-state index in [9.17, 15) is 13.6 Å². The molecule has 0 aromatic heterocycles. The summed E-state index contributed by atoms with van der Waals surface area (Å²) in [5.41, 5.74) is 5.95. The third kappa shape index (κ3) is 4.50. The van der Waals surface area contributed by atoms with E-state index in [1.807, 2.05) is 6.92 Å². The summed E-state index contributed by atoms with van der Waals surface area (Å²) in [6, 6.07) is 3.47. The Morgan fingerprint density at radius 1 is 1.36 bits per heavy atom. The molecule has 0 spiro atoms. The van der Waals surface area contributed by atoms with E-state index in [0.29, 0.717) is 12.8 Å². The average molecular weight is 310 g/mol. The number of benzene rings is 1. The Balaban J connectivity index is 2.13. The van der Waals surface area contributed by atoms with Crippen LogP contribution >= 0.6 is 0 Å². The van der Waals surface area contributed by atoms with Gasteiger partial charge < -0.3 is 10.6 Å². The van der Waals surface area contributed by atoms with Gasteiger partial charge in [0, 0.05) is 30.6 Å². The summed E-state index contributed by atoms with van der Waals surface area (Å²) < 4.78 is 27.2. The molecular formula is C17H24F2N2O. The van der Waals surface area contributed by atoms with Gasteiger partial charge in [-0.2, -0.15) is 0 Å². The van der Waals surface area contributed by atoms with Crippen LogP contribution in [-0.4, -0.2) is 22.9 Å². The van der Waals surface area contributed by atoms with Crippen molar-refractivity contribution in [2.24, 2.45) is 5.73 Å². The van der Waals surface area contributed by atoms with Gasteiger partial charge in [0.25, 0.3) is 0 Å². The molecule has 0 aliphatic heterocycles. The van der Waals surface area contributed by atoms with Gasteiger partial charge in [0.2, 0.25) is 5.91 Å².